The standard InChI is InChI=1S/C30H27BrN6O3/c1-32-29(40)30-14-20(30)24(25(38)26(30)39)37-15-33-23-27(34-21-13-19(21)17-7-3-2-4-8-17)35-22(36-28(23)37)11-10-16-6-5-9-18(31)12-16/h2-9,12,15,19-21,24-26,38-39H,13-14H2,1H3,(H,32,40)(H,34,35,36)/t19?,20?,21?,24-,25?,26+,30-/m1/s1. The largest absolute Gasteiger partial charge is 0.389 e. The van der Waals surface area contributed by atoms with Gasteiger partial charge in [-0.15, -0.1) is 0 Å². The van der Waals surface area contributed by atoms with Crippen LogP contribution in [0, 0.1) is 23.2 Å². The van der Waals surface area contributed by atoms with Crippen LogP contribution in [0.25, 0.3) is 11.2 Å². The van der Waals surface area contributed by atoms with E-state index >= 15 is 0 Å². The number of aromatic nitrogens is 4. The molecule has 3 saturated carbocycles. The predicted octanol–water partition coefficient (Wildman–Crippen LogP) is 2.99. The van der Waals surface area contributed by atoms with E-state index in [1.165, 1.54) is 5.56 Å². The second-order valence-corrected chi connectivity index (χ2v) is 11.8. The molecular weight excluding hydrogens is 572 g/mol. The van der Waals surface area contributed by atoms with Crippen molar-refractivity contribution in [3.05, 3.63) is 82.3 Å². The highest BCUT2D eigenvalue weighted by Gasteiger charge is 2.75. The van der Waals surface area contributed by atoms with Gasteiger partial charge in [-0.05, 0) is 42.5 Å². The van der Waals surface area contributed by atoms with Gasteiger partial charge in [-0.3, -0.25) is 4.79 Å². The zero-order valence-electron chi connectivity index (χ0n) is 21.6. The van der Waals surface area contributed by atoms with Crippen LogP contribution in [0.15, 0.2) is 65.4 Å². The second kappa shape index (κ2) is 9.41. The molecule has 3 aliphatic rings. The van der Waals surface area contributed by atoms with E-state index in [-0.39, 0.29) is 17.9 Å². The maximum atomic E-state index is 12.7. The van der Waals surface area contributed by atoms with Gasteiger partial charge in [0, 0.05) is 35.0 Å². The van der Waals surface area contributed by atoms with Gasteiger partial charge in [0.05, 0.1) is 23.9 Å². The van der Waals surface area contributed by atoms with Gasteiger partial charge in [0.2, 0.25) is 11.7 Å². The van der Waals surface area contributed by atoms with Crippen molar-refractivity contribution in [2.75, 3.05) is 12.4 Å². The number of rotatable bonds is 5. The minimum atomic E-state index is -1.17. The van der Waals surface area contributed by atoms with Gasteiger partial charge in [0.15, 0.2) is 17.0 Å². The number of halogens is 1. The lowest BCUT2D eigenvalue weighted by atomic mass is 9.98. The fraction of sp³-hybridized carbons (Fsp3) is 0.333. The lowest BCUT2D eigenvalue weighted by Gasteiger charge is -2.23. The first-order valence-corrected chi connectivity index (χ1v) is 14.1. The van der Waals surface area contributed by atoms with Gasteiger partial charge in [0.1, 0.15) is 6.10 Å². The highest BCUT2D eigenvalue weighted by molar-refractivity contribution is 9.10. The number of fused-ring (bicyclic) bond motifs is 2. The summed E-state index contributed by atoms with van der Waals surface area (Å²) < 4.78 is 2.71. The first-order valence-electron chi connectivity index (χ1n) is 13.3. The molecule has 2 aromatic carbocycles. The number of aliphatic hydroxyl groups excluding tert-OH is 2. The normalized spacial score (nSPS) is 29.8. The third kappa shape index (κ3) is 4.00. The van der Waals surface area contributed by atoms with Gasteiger partial charge >= 0.3 is 0 Å². The van der Waals surface area contributed by atoms with Crippen molar-refractivity contribution >= 4 is 38.8 Å². The monoisotopic (exact) mass is 598 g/mol. The number of nitrogens with one attached hydrogen (secondary N) is 2. The zero-order chi connectivity index (χ0) is 27.6. The maximum absolute atomic E-state index is 12.7. The Labute approximate surface area is 239 Å². The molecular formula is C30H27BrN6O3. The van der Waals surface area contributed by atoms with Crippen molar-refractivity contribution in [1.29, 1.82) is 0 Å². The van der Waals surface area contributed by atoms with Gasteiger partial charge in [-0.1, -0.05) is 58.2 Å². The molecule has 7 rings (SSSR count). The summed E-state index contributed by atoms with van der Waals surface area (Å²) in [6.45, 7) is 0. The van der Waals surface area contributed by atoms with Crippen molar-refractivity contribution in [1.82, 2.24) is 24.8 Å². The maximum Gasteiger partial charge on any atom is 0.229 e. The lowest BCUT2D eigenvalue weighted by molar-refractivity contribution is -0.132. The average Bonchev–Trinajstić information content (AvgIpc) is 3.85. The smallest absolute Gasteiger partial charge is 0.229 e. The summed E-state index contributed by atoms with van der Waals surface area (Å²) in [5.74, 6) is 7.00. The molecule has 2 heterocycles. The van der Waals surface area contributed by atoms with Crippen LogP contribution in [0.2, 0.25) is 0 Å². The van der Waals surface area contributed by atoms with E-state index in [9.17, 15) is 15.0 Å². The van der Waals surface area contributed by atoms with Crippen molar-refractivity contribution in [3.63, 3.8) is 0 Å². The van der Waals surface area contributed by atoms with E-state index in [1.54, 1.807) is 17.9 Å². The summed E-state index contributed by atoms with van der Waals surface area (Å²) in [4.78, 5) is 26.8. The van der Waals surface area contributed by atoms with E-state index in [2.05, 4.69) is 55.5 Å². The molecule has 0 saturated heterocycles. The fourth-order valence-corrected chi connectivity index (χ4v) is 6.77. The Morgan fingerprint density at radius 2 is 1.95 bits per heavy atom. The van der Waals surface area contributed by atoms with Gasteiger partial charge in [-0.2, -0.15) is 0 Å². The molecule has 1 amide bonds. The first kappa shape index (κ1) is 25.2. The molecule has 9 nitrogen and oxygen atoms in total. The van der Waals surface area contributed by atoms with Gasteiger partial charge in [0.25, 0.3) is 0 Å². The third-order valence-electron chi connectivity index (χ3n) is 8.55. The highest BCUT2D eigenvalue weighted by Crippen LogP contribution is 2.67. The Bertz CT molecular complexity index is 1700. The van der Waals surface area contributed by atoms with Crippen LogP contribution in [-0.4, -0.2) is 60.9 Å². The third-order valence-corrected chi connectivity index (χ3v) is 9.04. The number of anilines is 1. The molecule has 0 bridgehead atoms. The van der Waals surface area contributed by atoms with Crippen LogP contribution in [0.4, 0.5) is 5.82 Å². The van der Waals surface area contributed by atoms with Crippen LogP contribution in [0.5, 0.6) is 0 Å². The highest BCUT2D eigenvalue weighted by atomic mass is 79.9. The van der Waals surface area contributed by atoms with Gasteiger partial charge < -0.3 is 25.4 Å². The Balaban J connectivity index is 1.28. The molecule has 2 aromatic heterocycles. The van der Waals surface area contributed by atoms with Crippen LogP contribution < -0.4 is 10.6 Å². The fourth-order valence-electron chi connectivity index (χ4n) is 6.37. The summed E-state index contributed by atoms with van der Waals surface area (Å²) in [6.07, 6.45) is 0.771. The molecule has 202 valence electrons. The molecule has 4 N–H and O–H groups in total. The summed E-state index contributed by atoms with van der Waals surface area (Å²) in [5.41, 5.74) is 2.15. The molecule has 0 aliphatic heterocycles. The molecule has 10 heteroatoms. The number of imidazole rings is 1. The van der Waals surface area contributed by atoms with Gasteiger partial charge in [-0.25, -0.2) is 15.0 Å². The van der Waals surface area contributed by atoms with Crippen LogP contribution in [0.3, 0.4) is 0 Å². The number of aliphatic hydroxyl groups is 2. The molecule has 0 radical (unpaired) electrons. The molecule has 4 aromatic rings. The minimum Gasteiger partial charge on any atom is -0.389 e. The Morgan fingerprint density at radius 3 is 2.73 bits per heavy atom. The number of nitrogens with zero attached hydrogens (tertiary/aromatic N) is 4. The average molecular weight is 599 g/mol. The second-order valence-electron chi connectivity index (χ2n) is 10.8. The summed E-state index contributed by atoms with van der Waals surface area (Å²) in [6, 6.07) is 17.7. The number of carbonyl (C=O) groups excluding carboxylic acids is 1. The van der Waals surface area contributed by atoms with Crippen molar-refractivity contribution < 1.29 is 15.0 Å². The Hall–Kier alpha value is -3.78. The van der Waals surface area contributed by atoms with Crippen molar-refractivity contribution in [2.24, 2.45) is 11.3 Å². The number of carbonyl (C=O) groups is 1. The summed E-state index contributed by atoms with van der Waals surface area (Å²) >= 11 is 3.48. The Morgan fingerprint density at radius 1 is 1.12 bits per heavy atom. The van der Waals surface area contributed by atoms with E-state index in [0.717, 1.165) is 16.5 Å². The summed E-state index contributed by atoms with van der Waals surface area (Å²) in [7, 11) is 1.55. The van der Waals surface area contributed by atoms with E-state index in [0.29, 0.717) is 35.1 Å². The quantitative estimate of drug-likeness (QED) is 0.260. The van der Waals surface area contributed by atoms with Crippen LogP contribution in [0.1, 0.15) is 41.8 Å². The Kier molecular flexibility index (Phi) is 5.93. The molecule has 40 heavy (non-hydrogen) atoms. The molecule has 7 atom stereocenters. The van der Waals surface area contributed by atoms with Crippen LogP contribution >= 0.6 is 15.9 Å². The van der Waals surface area contributed by atoms with Crippen LogP contribution in [-0.2, 0) is 4.79 Å². The van der Waals surface area contributed by atoms with E-state index < -0.39 is 23.7 Å². The first-order chi connectivity index (χ1) is 19.4. The van der Waals surface area contributed by atoms with E-state index in [4.69, 9.17) is 9.97 Å². The van der Waals surface area contributed by atoms with Crippen molar-refractivity contribution in [3.8, 4) is 11.8 Å². The molecule has 4 unspecified atom stereocenters. The number of hydrogen-bond donors (Lipinski definition) is 4. The number of amides is 1. The molecule has 0 spiro atoms. The van der Waals surface area contributed by atoms with E-state index in [1.807, 2.05) is 42.5 Å². The number of benzene rings is 2. The molecule has 3 aliphatic carbocycles. The topological polar surface area (TPSA) is 125 Å². The summed E-state index contributed by atoms with van der Waals surface area (Å²) in [5, 5.41) is 28.2. The predicted molar refractivity (Wildman–Crippen MR) is 152 cm³/mol. The minimum absolute atomic E-state index is 0.194. The lowest BCUT2D eigenvalue weighted by Crippen LogP contribution is -2.41. The zero-order valence-corrected chi connectivity index (χ0v) is 23.2. The van der Waals surface area contributed by atoms with Crippen molar-refractivity contribution in [2.45, 2.75) is 43.1 Å². The molecule has 3 fully saturated rings. The SMILES string of the molecule is CNC(=O)[C@]12CC1[C@@H](n1cnc3c(NC4CC4c4ccccc4)nc(C#Cc4cccc(Br)c4)nc31)C(O)[C@@H]2O. The number of hydrogen-bond acceptors (Lipinski definition) is 7.